The number of H-pyrrole nitrogens is 1. The zero-order chi connectivity index (χ0) is 22.2. The van der Waals surface area contributed by atoms with Gasteiger partial charge in [0, 0.05) is 16.8 Å². The molecule has 1 N–H and O–H groups in total. The Bertz CT molecular complexity index is 1340. The zero-order valence-electron chi connectivity index (χ0n) is 15.6. The van der Waals surface area contributed by atoms with Crippen molar-refractivity contribution in [3.05, 3.63) is 65.1 Å². The number of fused-ring (bicyclic) bond motifs is 1. The van der Waals surface area contributed by atoms with Crippen LogP contribution in [0.4, 0.5) is 18.2 Å². The van der Waals surface area contributed by atoms with Crippen LogP contribution in [-0.4, -0.2) is 31.3 Å². The van der Waals surface area contributed by atoms with Crippen molar-refractivity contribution in [2.24, 2.45) is 0 Å². The molecule has 12 heteroatoms. The number of sulfonamides is 1. The van der Waals surface area contributed by atoms with Gasteiger partial charge in [-0.2, -0.15) is 13.2 Å². The standard InChI is InChI=1S/C19H14F3N3O4S2/c20-19(21,22)9-10-25(16-11-13-3-1-2-4-15(13)30-16)31(27,28)14-7-5-12(6-8-14)17-23-18(26)29-24-17/h1-8,11H,9-10H2,(H,23,24,26). The van der Waals surface area contributed by atoms with Gasteiger partial charge in [0.05, 0.1) is 11.3 Å². The second-order valence-corrected chi connectivity index (χ2v) is 9.46. The number of benzene rings is 2. The Morgan fingerprint density at radius 2 is 1.81 bits per heavy atom. The molecule has 2 aromatic carbocycles. The lowest BCUT2D eigenvalue weighted by atomic mass is 10.2. The number of aromatic nitrogens is 2. The normalized spacial score (nSPS) is 12.4. The summed E-state index contributed by atoms with van der Waals surface area (Å²) in [5.74, 6) is -0.665. The highest BCUT2D eigenvalue weighted by Crippen LogP contribution is 2.36. The maximum atomic E-state index is 13.3. The van der Waals surface area contributed by atoms with E-state index in [1.807, 2.05) is 0 Å². The molecule has 0 aliphatic heterocycles. The summed E-state index contributed by atoms with van der Waals surface area (Å²) in [5, 5.41) is 4.44. The third-order valence-electron chi connectivity index (χ3n) is 4.41. The predicted molar refractivity (Wildman–Crippen MR) is 110 cm³/mol. The summed E-state index contributed by atoms with van der Waals surface area (Å²) in [7, 11) is -4.29. The van der Waals surface area contributed by atoms with Crippen LogP contribution in [0.2, 0.25) is 0 Å². The van der Waals surface area contributed by atoms with Crippen molar-refractivity contribution >= 4 is 36.4 Å². The van der Waals surface area contributed by atoms with Gasteiger partial charge >= 0.3 is 11.9 Å². The highest BCUT2D eigenvalue weighted by atomic mass is 32.2. The van der Waals surface area contributed by atoms with Gasteiger partial charge in [-0.05, 0) is 41.8 Å². The highest BCUT2D eigenvalue weighted by molar-refractivity contribution is 7.93. The van der Waals surface area contributed by atoms with E-state index in [9.17, 15) is 26.4 Å². The van der Waals surface area contributed by atoms with Gasteiger partial charge in [-0.1, -0.05) is 23.4 Å². The van der Waals surface area contributed by atoms with Gasteiger partial charge in [-0.3, -0.25) is 13.8 Å². The molecule has 7 nitrogen and oxygen atoms in total. The fourth-order valence-electron chi connectivity index (χ4n) is 2.93. The van der Waals surface area contributed by atoms with E-state index in [1.165, 1.54) is 24.3 Å². The third-order valence-corrected chi connectivity index (χ3v) is 7.49. The molecule has 31 heavy (non-hydrogen) atoms. The van der Waals surface area contributed by atoms with Crippen LogP contribution in [0.25, 0.3) is 21.5 Å². The summed E-state index contributed by atoms with van der Waals surface area (Å²) in [6.07, 6.45) is -5.81. The molecule has 4 aromatic rings. The quantitative estimate of drug-likeness (QED) is 0.452. The number of thiophene rings is 1. The molecule has 4 rings (SSSR count). The second-order valence-electron chi connectivity index (χ2n) is 6.53. The number of rotatable bonds is 6. The Balaban J connectivity index is 1.72. The minimum absolute atomic E-state index is 0.104. The van der Waals surface area contributed by atoms with Crippen LogP contribution in [0.15, 0.2) is 68.8 Å². The van der Waals surface area contributed by atoms with Gasteiger partial charge in [-0.15, -0.1) is 11.3 Å². The number of aromatic amines is 1. The van der Waals surface area contributed by atoms with Gasteiger partial charge in [0.15, 0.2) is 5.82 Å². The Hall–Kier alpha value is -3.12. The maximum absolute atomic E-state index is 13.3. The van der Waals surface area contributed by atoms with Crippen LogP contribution >= 0.6 is 11.3 Å². The Morgan fingerprint density at radius 3 is 2.42 bits per heavy atom. The molecule has 0 spiro atoms. The number of hydrogen-bond donors (Lipinski definition) is 1. The van der Waals surface area contributed by atoms with Gasteiger partial charge in [0.2, 0.25) is 0 Å². The Kier molecular flexibility index (Phi) is 5.35. The molecule has 2 aromatic heterocycles. The topological polar surface area (TPSA) is 96.3 Å². The summed E-state index contributed by atoms with van der Waals surface area (Å²) < 4.78 is 71.2. The predicted octanol–water partition coefficient (Wildman–Crippen LogP) is 4.39. The monoisotopic (exact) mass is 469 g/mol. The molecule has 0 saturated heterocycles. The summed E-state index contributed by atoms with van der Waals surface area (Å²) >= 11 is 1.10. The number of nitrogens with one attached hydrogen (secondary N) is 1. The molecule has 0 atom stereocenters. The molecule has 0 fully saturated rings. The summed E-state index contributed by atoms with van der Waals surface area (Å²) in [6.45, 7) is -0.753. The number of nitrogens with zero attached hydrogens (tertiary/aromatic N) is 2. The average molecular weight is 469 g/mol. The molecule has 0 aliphatic rings. The minimum atomic E-state index is -4.52. The van der Waals surface area contributed by atoms with Crippen LogP contribution in [-0.2, 0) is 10.0 Å². The van der Waals surface area contributed by atoms with Gasteiger partial charge in [0.25, 0.3) is 10.0 Å². The van der Waals surface area contributed by atoms with Crippen molar-refractivity contribution in [1.29, 1.82) is 0 Å². The van der Waals surface area contributed by atoms with E-state index in [0.717, 1.165) is 25.7 Å². The first kappa shape index (κ1) is 21.1. The van der Waals surface area contributed by atoms with Gasteiger partial charge in [0.1, 0.15) is 5.00 Å². The van der Waals surface area contributed by atoms with Crippen molar-refractivity contribution < 1.29 is 26.1 Å². The molecule has 2 heterocycles. The fraction of sp³-hybridized carbons (Fsp3) is 0.158. The Labute approximate surface area is 177 Å². The van der Waals surface area contributed by atoms with Crippen LogP contribution in [0.1, 0.15) is 6.42 Å². The van der Waals surface area contributed by atoms with Crippen molar-refractivity contribution in [3.8, 4) is 11.4 Å². The van der Waals surface area contributed by atoms with E-state index < -0.39 is 34.9 Å². The lowest BCUT2D eigenvalue weighted by Crippen LogP contribution is -2.33. The average Bonchev–Trinajstić information content (AvgIpc) is 3.33. The largest absolute Gasteiger partial charge is 0.439 e. The van der Waals surface area contributed by atoms with Gasteiger partial charge < -0.3 is 0 Å². The molecular weight excluding hydrogens is 455 g/mol. The van der Waals surface area contributed by atoms with Crippen molar-refractivity contribution in [2.45, 2.75) is 17.5 Å². The first-order valence-electron chi connectivity index (χ1n) is 8.88. The third kappa shape index (κ3) is 4.49. The molecule has 0 amide bonds. The van der Waals surface area contributed by atoms with E-state index in [1.54, 1.807) is 30.3 Å². The fourth-order valence-corrected chi connectivity index (χ4v) is 5.69. The van der Waals surface area contributed by atoms with Gasteiger partial charge in [-0.25, -0.2) is 13.2 Å². The summed E-state index contributed by atoms with van der Waals surface area (Å²) in [5.41, 5.74) is 0.383. The highest BCUT2D eigenvalue weighted by Gasteiger charge is 2.33. The second kappa shape index (κ2) is 7.85. The number of anilines is 1. The lowest BCUT2D eigenvalue weighted by Gasteiger charge is -2.23. The zero-order valence-corrected chi connectivity index (χ0v) is 17.2. The molecular formula is C19H14F3N3O4S2. The van der Waals surface area contributed by atoms with E-state index >= 15 is 0 Å². The van der Waals surface area contributed by atoms with Crippen molar-refractivity contribution in [1.82, 2.24) is 10.1 Å². The van der Waals surface area contributed by atoms with E-state index in [4.69, 9.17) is 0 Å². The molecule has 0 saturated carbocycles. The van der Waals surface area contributed by atoms with Crippen LogP contribution in [0.5, 0.6) is 0 Å². The lowest BCUT2D eigenvalue weighted by molar-refractivity contribution is -0.131. The van der Waals surface area contributed by atoms with E-state index in [2.05, 4.69) is 14.7 Å². The van der Waals surface area contributed by atoms with Crippen molar-refractivity contribution in [3.63, 3.8) is 0 Å². The van der Waals surface area contributed by atoms with Crippen LogP contribution in [0.3, 0.4) is 0 Å². The Morgan fingerprint density at radius 1 is 1.10 bits per heavy atom. The summed E-state index contributed by atoms with van der Waals surface area (Å²) in [6, 6.07) is 13.9. The molecule has 0 aliphatic carbocycles. The maximum Gasteiger partial charge on any atom is 0.439 e. The minimum Gasteiger partial charge on any atom is -0.296 e. The first-order chi connectivity index (χ1) is 14.6. The molecule has 162 valence electrons. The smallest absolute Gasteiger partial charge is 0.296 e. The van der Waals surface area contributed by atoms with E-state index in [-0.39, 0.29) is 15.7 Å². The number of halogens is 3. The van der Waals surface area contributed by atoms with Crippen LogP contribution < -0.4 is 10.1 Å². The molecule has 0 unspecified atom stereocenters. The molecule has 0 bridgehead atoms. The summed E-state index contributed by atoms with van der Waals surface area (Å²) in [4.78, 5) is 13.2. The number of alkyl halides is 3. The first-order valence-corrected chi connectivity index (χ1v) is 11.1. The van der Waals surface area contributed by atoms with E-state index in [0.29, 0.717) is 5.56 Å². The van der Waals surface area contributed by atoms with Crippen molar-refractivity contribution in [2.75, 3.05) is 10.8 Å². The number of hydrogen-bond acceptors (Lipinski definition) is 6. The molecule has 0 radical (unpaired) electrons. The SMILES string of the molecule is O=c1[nH]c(-c2ccc(S(=O)(=O)N(CCC(F)(F)F)c3cc4ccccc4s3)cc2)no1. The van der Waals surface area contributed by atoms with Crippen LogP contribution in [0, 0.1) is 0 Å².